The van der Waals surface area contributed by atoms with Crippen LogP contribution in [0.25, 0.3) is 0 Å². The van der Waals surface area contributed by atoms with Crippen LogP contribution in [0.15, 0.2) is 71.6 Å². The number of esters is 1. The number of nitrogens with zero attached hydrogens (tertiary/aromatic N) is 1. The standard InChI is InChI=1S/C26H28N2O7S/c1-5-35-26(30)19-8-10-20(11-9-19)27-25(29)17-28(21-12-15-23(33-3)24(16-21)34-4)36(31,32)22-13-6-18(2)7-14-22/h6-16H,5,17H2,1-4H3,(H,27,29). The first-order chi connectivity index (χ1) is 17.2. The monoisotopic (exact) mass is 512 g/mol. The Kier molecular flexibility index (Phi) is 8.55. The molecule has 0 aliphatic carbocycles. The zero-order valence-corrected chi connectivity index (χ0v) is 21.3. The van der Waals surface area contributed by atoms with Crippen molar-refractivity contribution in [3.05, 3.63) is 77.9 Å². The molecule has 0 radical (unpaired) electrons. The number of sulfonamides is 1. The Balaban J connectivity index is 1.92. The second-order valence-electron chi connectivity index (χ2n) is 7.71. The van der Waals surface area contributed by atoms with Gasteiger partial charge in [0.05, 0.1) is 37.0 Å². The van der Waals surface area contributed by atoms with E-state index in [0.717, 1.165) is 9.87 Å². The molecule has 0 heterocycles. The Hall–Kier alpha value is -4.05. The number of rotatable bonds is 10. The lowest BCUT2D eigenvalue weighted by Crippen LogP contribution is -2.38. The first-order valence-electron chi connectivity index (χ1n) is 11.1. The first-order valence-corrected chi connectivity index (χ1v) is 12.5. The predicted molar refractivity (Wildman–Crippen MR) is 136 cm³/mol. The zero-order chi connectivity index (χ0) is 26.3. The molecule has 0 spiro atoms. The molecule has 3 aromatic carbocycles. The van der Waals surface area contributed by atoms with E-state index in [1.54, 1.807) is 37.3 Å². The van der Waals surface area contributed by atoms with Gasteiger partial charge < -0.3 is 19.5 Å². The third kappa shape index (κ3) is 6.14. The summed E-state index contributed by atoms with van der Waals surface area (Å²) in [5, 5.41) is 2.67. The second kappa shape index (κ2) is 11.6. The molecule has 36 heavy (non-hydrogen) atoms. The Bertz CT molecular complexity index is 1320. The Morgan fingerprint density at radius 1 is 0.889 bits per heavy atom. The number of hydrogen-bond donors (Lipinski definition) is 1. The molecule has 3 aromatic rings. The van der Waals surface area contributed by atoms with E-state index in [1.165, 1.54) is 50.6 Å². The number of carbonyl (C=O) groups is 2. The number of benzene rings is 3. The molecule has 0 saturated heterocycles. The van der Waals surface area contributed by atoms with Gasteiger partial charge in [-0.3, -0.25) is 9.10 Å². The van der Waals surface area contributed by atoms with Crippen molar-refractivity contribution < 1.29 is 32.2 Å². The van der Waals surface area contributed by atoms with Crippen LogP contribution in [0.3, 0.4) is 0 Å². The topological polar surface area (TPSA) is 111 Å². The fourth-order valence-corrected chi connectivity index (χ4v) is 4.78. The average molecular weight is 513 g/mol. The summed E-state index contributed by atoms with van der Waals surface area (Å²) in [5.41, 5.74) is 1.86. The van der Waals surface area contributed by atoms with Crippen LogP contribution in [0.2, 0.25) is 0 Å². The summed E-state index contributed by atoms with van der Waals surface area (Å²) in [6.07, 6.45) is 0. The van der Waals surface area contributed by atoms with E-state index in [1.807, 2.05) is 6.92 Å². The van der Waals surface area contributed by atoms with Gasteiger partial charge in [0.25, 0.3) is 10.0 Å². The molecule has 1 N–H and O–H groups in total. The molecule has 0 atom stereocenters. The number of amides is 1. The smallest absolute Gasteiger partial charge is 0.338 e. The van der Waals surface area contributed by atoms with Crippen molar-refractivity contribution in [2.45, 2.75) is 18.7 Å². The summed E-state index contributed by atoms with van der Waals surface area (Å²) in [5.74, 6) is -0.322. The van der Waals surface area contributed by atoms with Gasteiger partial charge in [-0.25, -0.2) is 13.2 Å². The zero-order valence-electron chi connectivity index (χ0n) is 20.5. The van der Waals surface area contributed by atoms with Gasteiger partial charge in [0.15, 0.2) is 11.5 Å². The minimum atomic E-state index is -4.11. The highest BCUT2D eigenvalue weighted by molar-refractivity contribution is 7.92. The van der Waals surface area contributed by atoms with E-state index in [9.17, 15) is 18.0 Å². The molecule has 0 unspecified atom stereocenters. The van der Waals surface area contributed by atoms with Gasteiger partial charge in [-0.1, -0.05) is 17.7 Å². The third-order valence-electron chi connectivity index (χ3n) is 5.23. The van der Waals surface area contributed by atoms with Gasteiger partial charge in [-0.2, -0.15) is 0 Å². The van der Waals surface area contributed by atoms with Crippen molar-refractivity contribution >= 4 is 33.3 Å². The average Bonchev–Trinajstić information content (AvgIpc) is 2.87. The van der Waals surface area contributed by atoms with Crippen LogP contribution < -0.4 is 19.1 Å². The van der Waals surface area contributed by atoms with Gasteiger partial charge in [-0.15, -0.1) is 0 Å². The summed E-state index contributed by atoms with van der Waals surface area (Å²) in [7, 11) is -1.20. The lowest BCUT2D eigenvalue weighted by molar-refractivity contribution is -0.114. The summed E-state index contributed by atoms with van der Waals surface area (Å²) < 4.78 is 43.7. The van der Waals surface area contributed by atoms with E-state index in [2.05, 4.69) is 5.32 Å². The fourth-order valence-electron chi connectivity index (χ4n) is 3.37. The Morgan fingerprint density at radius 2 is 1.53 bits per heavy atom. The van der Waals surface area contributed by atoms with Gasteiger partial charge in [0, 0.05) is 11.8 Å². The maximum atomic E-state index is 13.6. The van der Waals surface area contributed by atoms with Gasteiger partial charge >= 0.3 is 5.97 Å². The Labute approximate surface area is 210 Å². The van der Waals surface area contributed by atoms with E-state index >= 15 is 0 Å². The first kappa shape index (κ1) is 26.6. The molecule has 9 nitrogen and oxygen atoms in total. The molecule has 1 amide bonds. The highest BCUT2D eigenvalue weighted by Gasteiger charge is 2.28. The second-order valence-corrected chi connectivity index (χ2v) is 9.57. The van der Waals surface area contributed by atoms with Crippen molar-refractivity contribution in [3.8, 4) is 11.5 Å². The molecule has 0 aliphatic heterocycles. The molecule has 0 bridgehead atoms. The van der Waals surface area contributed by atoms with Crippen LogP contribution in [-0.2, 0) is 19.6 Å². The summed E-state index contributed by atoms with van der Waals surface area (Å²) in [6.45, 7) is 3.30. The molecule has 10 heteroatoms. The lowest BCUT2D eigenvalue weighted by Gasteiger charge is -2.25. The minimum absolute atomic E-state index is 0.0366. The van der Waals surface area contributed by atoms with Crippen LogP contribution in [0.5, 0.6) is 11.5 Å². The molecule has 0 aliphatic rings. The number of hydrogen-bond acceptors (Lipinski definition) is 7. The Morgan fingerprint density at radius 3 is 2.11 bits per heavy atom. The van der Waals surface area contributed by atoms with Crippen LogP contribution in [0, 0.1) is 6.92 Å². The van der Waals surface area contributed by atoms with Crippen molar-refractivity contribution in [1.29, 1.82) is 0 Å². The number of aryl methyl sites for hydroxylation is 1. The van der Waals surface area contributed by atoms with Crippen molar-refractivity contribution in [2.75, 3.05) is 37.0 Å². The highest BCUT2D eigenvalue weighted by atomic mass is 32.2. The van der Waals surface area contributed by atoms with Gasteiger partial charge in [0.1, 0.15) is 6.54 Å². The van der Waals surface area contributed by atoms with Crippen molar-refractivity contribution in [2.24, 2.45) is 0 Å². The number of methoxy groups -OCH3 is 2. The highest BCUT2D eigenvalue weighted by Crippen LogP contribution is 2.34. The number of anilines is 2. The van der Waals surface area contributed by atoms with E-state index in [0.29, 0.717) is 22.7 Å². The SMILES string of the molecule is CCOC(=O)c1ccc(NC(=O)CN(c2ccc(OC)c(OC)c2)S(=O)(=O)c2ccc(C)cc2)cc1. The number of carbonyl (C=O) groups excluding carboxylic acids is 2. The van der Waals surface area contributed by atoms with Crippen LogP contribution in [0.4, 0.5) is 11.4 Å². The minimum Gasteiger partial charge on any atom is -0.493 e. The molecular weight excluding hydrogens is 484 g/mol. The van der Waals surface area contributed by atoms with E-state index in [-0.39, 0.29) is 17.2 Å². The summed E-state index contributed by atoms with van der Waals surface area (Å²) >= 11 is 0. The van der Waals surface area contributed by atoms with Crippen LogP contribution >= 0.6 is 0 Å². The quantitative estimate of drug-likeness (QED) is 0.409. The fraction of sp³-hybridized carbons (Fsp3) is 0.231. The molecule has 0 aromatic heterocycles. The normalized spacial score (nSPS) is 10.9. The number of ether oxygens (including phenoxy) is 3. The third-order valence-corrected chi connectivity index (χ3v) is 7.02. The maximum absolute atomic E-state index is 13.6. The summed E-state index contributed by atoms with van der Waals surface area (Å²) in [4.78, 5) is 24.8. The van der Waals surface area contributed by atoms with Crippen LogP contribution in [-0.4, -0.2) is 47.7 Å². The molecule has 0 saturated carbocycles. The number of nitrogens with one attached hydrogen (secondary N) is 1. The lowest BCUT2D eigenvalue weighted by atomic mass is 10.2. The van der Waals surface area contributed by atoms with Gasteiger partial charge in [0.2, 0.25) is 5.91 Å². The molecule has 3 rings (SSSR count). The maximum Gasteiger partial charge on any atom is 0.338 e. The van der Waals surface area contributed by atoms with E-state index in [4.69, 9.17) is 14.2 Å². The molecular formula is C26H28N2O7S. The molecule has 0 fully saturated rings. The largest absolute Gasteiger partial charge is 0.493 e. The van der Waals surface area contributed by atoms with Crippen molar-refractivity contribution in [3.63, 3.8) is 0 Å². The van der Waals surface area contributed by atoms with Gasteiger partial charge in [-0.05, 0) is 62.4 Å². The van der Waals surface area contributed by atoms with E-state index < -0.39 is 28.4 Å². The predicted octanol–water partition coefficient (Wildman–Crippen LogP) is 4.02. The van der Waals surface area contributed by atoms with Crippen LogP contribution in [0.1, 0.15) is 22.8 Å². The molecule has 190 valence electrons. The van der Waals surface area contributed by atoms with Crippen molar-refractivity contribution in [1.82, 2.24) is 0 Å². The summed E-state index contributed by atoms with van der Waals surface area (Å²) in [6, 6.07) is 17.1.